The lowest BCUT2D eigenvalue weighted by atomic mass is 9.72. The Bertz CT molecular complexity index is 980. The van der Waals surface area contributed by atoms with Crippen LogP contribution in [-0.2, 0) is 4.79 Å². The van der Waals surface area contributed by atoms with Gasteiger partial charge in [-0.2, -0.15) is 5.10 Å². The number of aryl methyl sites for hydroxylation is 2. The van der Waals surface area contributed by atoms with E-state index in [1.165, 1.54) is 24.2 Å². The minimum absolute atomic E-state index is 0.0243. The van der Waals surface area contributed by atoms with Crippen molar-refractivity contribution in [3.63, 3.8) is 0 Å². The smallest absolute Gasteiger partial charge is 0.266 e. The molecule has 2 N–H and O–H groups in total. The first-order valence-electron chi connectivity index (χ1n) is 9.98. The summed E-state index contributed by atoms with van der Waals surface area (Å²) in [6.45, 7) is 6.85. The van der Waals surface area contributed by atoms with E-state index in [0.29, 0.717) is 29.6 Å². The van der Waals surface area contributed by atoms with Crippen LogP contribution in [0.1, 0.15) is 46.6 Å². The Kier molecular flexibility index (Phi) is 3.91. The van der Waals surface area contributed by atoms with Crippen molar-refractivity contribution >= 4 is 39.1 Å². The number of nitrogens with zero attached hydrogens (tertiary/aromatic N) is 4. The maximum absolute atomic E-state index is 13.0. The number of amides is 2. The minimum Gasteiger partial charge on any atom is -0.397 e. The molecule has 0 aromatic carbocycles. The van der Waals surface area contributed by atoms with Crippen molar-refractivity contribution in [2.75, 3.05) is 31.9 Å². The SMILES string of the molecule is Cc1nnc2sc(C(=O)N3CC4(C3)CN(C(=O)C3CCCC3)C4)c(N)c2c1C. The van der Waals surface area contributed by atoms with Crippen molar-refractivity contribution in [1.82, 2.24) is 20.0 Å². The van der Waals surface area contributed by atoms with E-state index in [1.807, 2.05) is 23.6 Å². The van der Waals surface area contributed by atoms with E-state index < -0.39 is 0 Å². The number of anilines is 1. The van der Waals surface area contributed by atoms with Crippen LogP contribution < -0.4 is 5.73 Å². The number of carbonyl (C=O) groups is 2. The number of likely N-dealkylation sites (tertiary alicyclic amines) is 2. The van der Waals surface area contributed by atoms with Gasteiger partial charge in [-0.15, -0.1) is 16.4 Å². The number of fused-ring (bicyclic) bond motifs is 1. The zero-order chi connectivity index (χ0) is 19.6. The van der Waals surface area contributed by atoms with Crippen LogP contribution in [0.5, 0.6) is 0 Å². The van der Waals surface area contributed by atoms with Crippen molar-refractivity contribution in [3.05, 3.63) is 16.1 Å². The van der Waals surface area contributed by atoms with Gasteiger partial charge in [-0.1, -0.05) is 12.8 Å². The van der Waals surface area contributed by atoms with Crippen LogP contribution >= 0.6 is 11.3 Å². The molecule has 7 nitrogen and oxygen atoms in total. The molecule has 28 heavy (non-hydrogen) atoms. The van der Waals surface area contributed by atoms with Gasteiger partial charge in [0.05, 0.1) is 11.4 Å². The number of hydrogen-bond acceptors (Lipinski definition) is 6. The van der Waals surface area contributed by atoms with Gasteiger partial charge in [0.1, 0.15) is 9.71 Å². The first kappa shape index (κ1) is 17.8. The quantitative estimate of drug-likeness (QED) is 0.837. The highest BCUT2D eigenvalue weighted by atomic mass is 32.1. The van der Waals surface area contributed by atoms with E-state index in [0.717, 1.165) is 47.4 Å². The first-order chi connectivity index (χ1) is 13.4. The molecule has 148 valence electrons. The van der Waals surface area contributed by atoms with Gasteiger partial charge < -0.3 is 15.5 Å². The molecule has 0 bridgehead atoms. The number of nitrogen functional groups attached to an aromatic ring is 1. The van der Waals surface area contributed by atoms with Crippen LogP contribution in [0.2, 0.25) is 0 Å². The zero-order valence-electron chi connectivity index (χ0n) is 16.3. The topological polar surface area (TPSA) is 92.4 Å². The molecule has 2 aromatic heterocycles. The van der Waals surface area contributed by atoms with Gasteiger partial charge in [0.2, 0.25) is 5.91 Å². The molecule has 1 aliphatic carbocycles. The third-order valence-corrected chi connectivity index (χ3v) is 7.82. The van der Waals surface area contributed by atoms with Gasteiger partial charge in [0.15, 0.2) is 0 Å². The van der Waals surface area contributed by atoms with Crippen molar-refractivity contribution in [2.45, 2.75) is 39.5 Å². The molecule has 4 heterocycles. The standard InChI is InChI=1S/C20H25N5O2S/c1-11-12(2)22-23-17-14(11)15(21)16(28-17)19(27)25-9-20(10-25)7-24(8-20)18(26)13-5-3-4-6-13/h13H,3-10,21H2,1-2H3. The molecule has 8 heteroatoms. The molecule has 2 amide bonds. The van der Waals surface area contributed by atoms with Crippen molar-refractivity contribution in [2.24, 2.45) is 11.3 Å². The molecule has 2 saturated heterocycles. The van der Waals surface area contributed by atoms with Gasteiger partial charge in [0.25, 0.3) is 5.91 Å². The fourth-order valence-corrected chi connectivity index (χ4v) is 6.07. The molecule has 1 saturated carbocycles. The summed E-state index contributed by atoms with van der Waals surface area (Å²) in [5.74, 6) is 0.538. The highest BCUT2D eigenvalue weighted by molar-refractivity contribution is 7.21. The summed E-state index contributed by atoms with van der Waals surface area (Å²) in [6, 6.07) is 0. The second-order valence-electron chi connectivity index (χ2n) is 8.77. The predicted octanol–water partition coefficient (Wildman–Crippen LogP) is 2.36. The van der Waals surface area contributed by atoms with Crippen LogP contribution in [0.15, 0.2) is 0 Å². The summed E-state index contributed by atoms with van der Waals surface area (Å²) in [6.07, 6.45) is 4.44. The van der Waals surface area contributed by atoms with Crippen LogP contribution in [-0.4, -0.2) is 58.0 Å². The molecule has 2 aromatic rings. The second-order valence-corrected chi connectivity index (χ2v) is 9.77. The maximum atomic E-state index is 13.0. The number of rotatable bonds is 2. The average Bonchev–Trinajstić information content (AvgIpc) is 3.24. The number of thiophene rings is 1. The Labute approximate surface area is 167 Å². The third kappa shape index (κ3) is 2.53. The van der Waals surface area contributed by atoms with E-state index in [-0.39, 0.29) is 17.2 Å². The monoisotopic (exact) mass is 399 g/mol. The maximum Gasteiger partial charge on any atom is 0.266 e. The molecule has 3 aliphatic rings. The van der Waals surface area contributed by atoms with Gasteiger partial charge in [-0.25, -0.2) is 0 Å². The number of hydrogen-bond donors (Lipinski definition) is 1. The van der Waals surface area contributed by atoms with E-state index in [2.05, 4.69) is 10.2 Å². The largest absolute Gasteiger partial charge is 0.397 e. The van der Waals surface area contributed by atoms with Crippen molar-refractivity contribution in [3.8, 4) is 0 Å². The summed E-state index contributed by atoms with van der Waals surface area (Å²) in [5, 5.41) is 9.20. The Hall–Kier alpha value is -2.22. The molecule has 3 fully saturated rings. The van der Waals surface area contributed by atoms with Crippen LogP contribution in [0, 0.1) is 25.2 Å². The van der Waals surface area contributed by atoms with E-state index in [4.69, 9.17) is 5.73 Å². The lowest BCUT2D eigenvalue weighted by Crippen LogP contribution is -2.74. The van der Waals surface area contributed by atoms with Crippen LogP contribution in [0.25, 0.3) is 10.2 Å². The fraction of sp³-hybridized carbons (Fsp3) is 0.600. The van der Waals surface area contributed by atoms with Gasteiger partial charge in [0, 0.05) is 42.9 Å². The summed E-state index contributed by atoms with van der Waals surface area (Å²) in [7, 11) is 0. The lowest BCUT2D eigenvalue weighted by Gasteiger charge is -2.60. The normalized spacial score (nSPS) is 21.2. The fourth-order valence-electron chi connectivity index (χ4n) is 5.00. The number of aromatic nitrogens is 2. The Morgan fingerprint density at radius 1 is 1.07 bits per heavy atom. The molecular formula is C20H25N5O2S. The summed E-state index contributed by atoms with van der Waals surface area (Å²) in [4.78, 5) is 30.6. The van der Waals surface area contributed by atoms with Crippen LogP contribution in [0.3, 0.4) is 0 Å². The lowest BCUT2D eigenvalue weighted by molar-refractivity contribution is -0.158. The zero-order valence-corrected chi connectivity index (χ0v) is 17.1. The Balaban J connectivity index is 1.26. The van der Waals surface area contributed by atoms with E-state index in [1.54, 1.807) is 0 Å². The average molecular weight is 400 g/mol. The van der Waals surface area contributed by atoms with E-state index >= 15 is 0 Å². The molecule has 2 aliphatic heterocycles. The summed E-state index contributed by atoms with van der Waals surface area (Å²) >= 11 is 1.33. The second kappa shape index (κ2) is 6.14. The molecule has 0 unspecified atom stereocenters. The van der Waals surface area contributed by atoms with Crippen LogP contribution in [0.4, 0.5) is 5.69 Å². The highest BCUT2D eigenvalue weighted by Gasteiger charge is 2.55. The third-order valence-electron chi connectivity index (χ3n) is 6.74. The van der Waals surface area contributed by atoms with Gasteiger partial charge >= 0.3 is 0 Å². The molecule has 0 radical (unpaired) electrons. The Morgan fingerprint density at radius 2 is 1.71 bits per heavy atom. The van der Waals surface area contributed by atoms with Crippen molar-refractivity contribution < 1.29 is 9.59 Å². The summed E-state index contributed by atoms with van der Waals surface area (Å²) < 4.78 is 0. The number of carbonyl (C=O) groups excluding carboxylic acids is 2. The molecular weight excluding hydrogens is 374 g/mol. The Morgan fingerprint density at radius 3 is 2.39 bits per heavy atom. The van der Waals surface area contributed by atoms with E-state index in [9.17, 15) is 9.59 Å². The molecule has 0 atom stereocenters. The first-order valence-corrected chi connectivity index (χ1v) is 10.8. The number of nitrogens with two attached hydrogens (primary N) is 1. The van der Waals surface area contributed by atoms with Gasteiger partial charge in [-0.05, 0) is 32.3 Å². The highest BCUT2D eigenvalue weighted by Crippen LogP contribution is 2.43. The van der Waals surface area contributed by atoms with Gasteiger partial charge in [-0.3, -0.25) is 9.59 Å². The predicted molar refractivity (Wildman–Crippen MR) is 108 cm³/mol. The minimum atomic E-state index is -0.0243. The molecule has 5 rings (SSSR count). The molecule has 1 spiro atoms. The summed E-state index contributed by atoms with van der Waals surface area (Å²) in [5.41, 5.74) is 8.75. The van der Waals surface area contributed by atoms with Crippen molar-refractivity contribution in [1.29, 1.82) is 0 Å².